The van der Waals surface area contributed by atoms with E-state index < -0.39 is 11.6 Å². The lowest BCUT2D eigenvalue weighted by Crippen LogP contribution is -2.47. The minimum Gasteiger partial charge on any atom is -0.398 e. The Labute approximate surface area is 181 Å². The average molecular weight is 416 g/mol. The van der Waals surface area contributed by atoms with Gasteiger partial charge in [-0.25, -0.2) is 15.0 Å². The number of hydrogen-bond donors (Lipinski definition) is 1. The third-order valence-electron chi connectivity index (χ3n) is 4.70. The van der Waals surface area contributed by atoms with Gasteiger partial charge in [0, 0.05) is 0 Å². The van der Waals surface area contributed by atoms with Gasteiger partial charge in [0.25, 0.3) is 0 Å². The molecule has 1 aliphatic heterocycles. The molecule has 0 amide bonds. The van der Waals surface area contributed by atoms with Crippen molar-refractivity contribution in [2.75, 3.05) is 0 Å². The summed E-state index contributed by atoms with van der Waals surface area (Å²) in [4.78, 5) is 21.1. The van der Waals surface area contributed by atoms with Gasteiger partial charge < -0.3 is 5.73 Å². The number of aliphatic imine (C=N–C) groups is 3. The predicted octanol–water partition coefficient (Wildman–Crippen LogP) is 0.432. The van der Waals surface area contributed by atoms with Crippen LogP contribution in [0.5, 0.6) is 0 Å². The van der Waals surface area contributed by atoms with Crippen molar-refractivity contribution in [1.82, 2.24) is 9.97 Å². The van der Waals surface area contributed by atoms with Gasteiger partial charge in [0.05, 0.1) is 11.3 Å². The Bertz CT molecular complexity index is 1480. The molecule has 0 bridgehead atoms. The summed E-state index contributed by atoms with van der Waals surface area (Å²) in [6, 6.07) is 9.44. The second-order valence-corrected chi connectivity index (χ2v) is 6.52. The van der Waals surface area contributed by atoms with Gasteiger partial charge in [0.15, 0.2) is 28.5 Å². The molecule has 3 rings (SSSR count). The second kappa shape index (κ2) is 7.62. The molecule has 2 atom stereocenters. The van der Waals surface area contributed by atoms with Crippen molar-refractivity contribution in [1.29, 1.82) is 31.6 Å². The number of fused-ring (bicyclic) bond motifs is 3. The molecular formula is C20H8N12. The van der Waals surface area contributed by atoms with Gasteiger partial charge in [-0.05, 0) is 6.92 Å². The van der Waals surface area contributed by atoms with Gasteiger partial charge in [-0.15, -0.1) is 0 Å². The molecule has 1 aromatic rings. The van der Waals surface area contributed by atoms with Crippen LogP contribution in [0.2, 0.25) is 0 Å². The van der Waals surface area contributed by atoms with Crippen LogP contribution in [0.25, 0.3) is 5.70 Å². The van der Waals surface area contributed by atoms with E-state index in [1.54, 1.807) is 36.4 Å². The SMILES string of the molecule is C=C(C#N)C(C#N)=NC1=C(N)C2N=C(C#N)C(C#N)=NC2(C)c2nc(C#N)c(C#N)nc21. The Morgan fingerprint density at radius 3 is 2.12 bits per heavy atom. The molecule has 0 spiro atoms. The van der Waals surface area contributed by atoms with Crippen molar-refractivity contribution in [3.05, 3.63) is 40.6 Å². The maximum Gasteiger partial charge on any atom is 0.177 e. The first kappa shape index (κ1) is 21.0. The fourth-order valence-corrected chi connectivity index (χ4v) is 3.19. The summed E-state index contributed by atoms with van der Waals surface area (Å²) in [5, 5.41) is 56.0. The number of rotatable bonds is 2. The van der Waals surface area contributed by atoms with Crippen molar-refractivity contribution in [2.45, 2.75) is 18.5 Å². The molecule has 0 saturated carbocycles. The zero-order chi connectivity index (χ0) is 23.6. The molecule has 2 N–H and O–H groups in total. The van der Waals surface area contributed by atoms with E-state index in [0.29, 0.717) is 0 Å². The smallest absolute Gasteiger partial charge is 0.177 e. The molecule has 2 aliphatic rings. The fourth-order valence-electron chi connectivity index (χ4n) is 3.19. The molecule has 2 heterocycles. The molecule has 148 valence electrons. The van der Waals surface area contributed by atoms with Crippen LogP contribution in [-0.2, 0) is 5.54 Å². The van der Waals surface area contributed by atoms with Gasteiger partial charge in [-0.3, -0.25) is 9.98 Å². The summed E-state index contributed by atoms with van der Waals surface area (Å²) in [6.07, 6.45) is 0. The predicted molar refractivity (Wildman–Crippen MR) is 108 cm³/mol. The van der Waals surface area contributed by atoms with Gasteiger partial charge in [-0.1, -0.05) is 6.58 Å². The van der Waals surface area contributed by atoms with Crippen molar-refractivity contribution < 1.29 is 0 Å². The van der Waals surface area contributed by atoms with Gasteiger partial charge in [-0.2, -0.15) is 31.6 Å². The number of nitrogens with two attached hydrogens (primary N) is 1. The highest BCUT2D eigenvalue weighted by atomic mass is 15.1. The first-order valence-electron chi connectivity index (χ1n) is 8.58. The number of allylic oxidation sites excluding steroid dienone is 1. The summed E-state index contributed by atoms with van der Waals surface area (Å²) in [5.41, 5.74) is 2.77. The number of hydrogen-bond acceptors (Lipinski definition) is 12. The molecule has 32 heavy (non-hydrogen) atoms. The van der Waals surface area contributed by atoms with Gasteiger partial charge >= 0.3 is 0 Å². The Morgan fingerprint density at radius 1 is 0.969 bits per heavy atom. The molecule has 12 heteroatoms. The molecule has 0 radical (unpaired) electrons. The molecule has 0 aromatic carbocycles. The third kappa shape index (κ3) is 2.92. The van der Waals surface area contributed by atoms with Crippen molar-refractivity contribution in [3.63, 3.8) is 0 Å². The number of nitrogens with zero attached hydrogens (tertiary/aromatic N) is 11. The van der Waals surface area contributed by atoms with E-state index in [2.05, 4.69) is 31.5 Å². The van der Waals surface area contributed by atoms with Crippen LogP contribution in [0.1, 0.15) is 29.7 Å². The van der Waals surface area contributed by atoms with Crippen LogP contribution in [0.4, 0.5) is 0 Å². The summed E-state index contributed by atoms with van der Waals surface area (Å²) in [7, 11) is 0. The van der Waals surface area contributed by atoms with E-state index in [0.717, 1.165) is 0 Å². The summed E-state index contributed by atoms with van der Waals surface area (Å²) in [5.74, 6) is 0. The first-order chi connectivity index (χ1) is 15.3. The maximum absolute atomic E-state index is 9.40. The normalized spacial score (nSPS) is 21.0. The van der Waals surface area contributed by atoms with Crippen molar-refractivity contribution in [2.24, 2.45) is 20.7 Å². The van der Waals surface area contributed by atoms with E-state index in [9.17, 15) is 26.3 Å². The summed E-state index contributed by atoms with van der Waals surface area (Å²) < 4.78 is 0. The Balaban J connectivity index is 2.49. The van der Waals surface area contributed by atoms with E-state index in [1.807, 2.05) is 0 Å². The highest BCUT2D eigenvalue weighted by Gasteiger charge is 2.50. The summed E-state index contributed by atoms with van der Waals surface area (Å²) in [6.45, 7) is 4.98. The lowest BCUT2D eigenvalue weighted by atomic mass is 9.79. The fraction of sp³-hybridized carbons (Fsp3) is 0.150. The Hall–Kier alpha value is -5.69. The van der Waals surface area contributed by atoms with Crippen LogP contribution in [-0.4, -0.2) is 33.1 Å². The molecule has 0 saturated heterocycles. The Morgan fingerprint density at radius 2 is 1.59 bits per heavy atom. The van der Waals surface area contributed by atoms with E-state index in [1.165, 1.54) is 6.92 Å². The highest BCUT2D eigenvalue weighted by Crippen LogP contribution is 2.44. The average Bonchev–Trinajstić information content (AvgIpc) is 2.82. The van der Waals surface area contributed by atoms with E-state index in [-0.39, 0.29) is 56.9 Å². The van der Waals surface area contributed by atoms with Crippen LogP contribution < -0.4 is 5.73 Å². The van der Waals surface area contributed by atoms with E-state index in [4.69, 9.17) is 11.0 Å². The minimum atomic E-state index is -1.46. The maximum atomic E-state index is 9.40. The van der Waals surface area contributed by atoms with Gasteiger partial charge in [0.2, 0.25) is 0 Å². The second-order valence-electron chi connectivity index (χ2n) is 6.52. The Kier molecular flexibility index (Phi) is 5.01. The quantitative estimate of drug-likeness (QED) is 0.519. The third-order valence-corrected chi connectivity index (χ3v) is 4.70. The number of aromatic nitrogens is 2. The molecule has 0 fully saturated rings. The standard InChI is InChI=1S/C20H8N12/c1-9(3-21)10(4-22)28-16-15(27)18-20(2,32-14(8-26)13(7-25)30-18)19-17(16)29-11(5-23)12(6-24)31-19/h18H,1,27H2,2H3. The van der Waals surface area contributed by atoms with Crippen molar-refractivity contribution >= 4 is 22.8 Å². The van der Waals surface area contributed by atoms with Crippen LogP contribution in [0.3, 0.4) is 0 Å². The number of nitriles is 6. The molecule has 12 nitrogen and oxygen atoms in total. The van der Waals surface area contributed by atoms with E-state index >= 15 is 0 Å². The van der Waals surface area contributed by atoms with Crippen molar-refractivity contribution in [3.8, 4) is 36.4 Å². The molecule has 2 unspecified atom stereocenters. The van der Waals surface area contributed by atoms with Crippen LogP contribution in [0, 0.1) is 68.0 Å². The van der Waals surface area contributed by atoms with Crippen LogP contribution >= 0.6 is 0 Å². The highest BCUT2D eigenvalue weighted by molar-refractivity contribution is 6.53. The molecule has 1 aromatic heterocycles. The van der Waals surface area contributed by atoms with Crippen LogP contribution in [0.15, 0.2) is 32.8 Å². The molecule has 1 aliphatic carbocycles. The minimum absolute atomic E-state index is 0.0133. The largest absolute Gasteiger partial charge is 0.398 e. The first-order valence-corrected chi connectivity index (χ1v) is 8.58. The molecular weight excluding hydrogens is 408 g/mol. The monoisotopic (exact) mass is 416 g/mol. The summed E-state index contributed by atoms with van der Waals surface area (Å²) >= 11 is 0. The van der Waals surface area contributed by atoms with Gasteiger partial charge in [0.1, 0.15) is 65.1 Å². The topological polar surface area (TPSA) is 232 Å². The lowest BCUT2D eigenvalue weighted by Gasteiger charge is -2.38. The lowest BCUT2D eigenvalue weighted by molar-refractivity contribution is 0.404. The zero-order valence-corrected chi connectivity index (χ0v) is 16.3. The zero-order valence-electron chi connectivity index (χ0n) is 16.3.